The van der Waals surface area contributed by atoms with Crippen LogP contribution in [0.2, 0.25) is 5.02 Å². The van der Waals surface area contributed by atoms with Crippen molar-refractivity contribution >= 4 is 46.7 Å². The van der Waals surface area contributed by atoms with Gasteiger partial charge in [-0.1, -0.05) is 29.8 Å². The van der Waals surface area contributed by atoms with Gasteiger partial charge in [0, 0.05) is 67.1 Å². The summed E-state index contributed by atoms with van der Waals surface area (Å²) in [5.41, 5.74) is 2.32. The molecular formula is C30H28ClFN6O5S. The number of esters is 1. The molecule has 228 valence electrons. The topological polar surface area (TPSA) is 128 Å². The third-order valence-electron chi connectivity index (χ3n) is 7.89. The van der Waals surface area contributed by atoms with Gasteiger partial charge in [0.1, 0.15) is 11.9 Å². The lowest BCUT2D eigenvalue weighted by molar-refractivity contribution is -0.136. The van der Waals surface area contributed by atoms with Crippen LogP contribution < -0.4 is 5.32 Å². The molecule has 2 amide bonds. The van der Waals surface area contributed by atoms with Gasteiger partial charge in [-0.3, -0.25) is 9.89 Å². The summed E-state index contributed by atoms with van der Waals surface area (Å²) in [7, 11) is 1.29. The maximum atomic E-state index is 13.9. The van der Waals surface area contributed by atoms with Gasteiger partial charge in [0.15, 0.2) is 10.8 Å². The number of carboxylic acid groups (broad SMARTS) is 1. The second-order valence-electron chi connectivity index (χ2n) is 10.6. The van der Waals surface area contributed by atoms with Crippen LogP contribution in [0.25, 0.3) is 0 Å². The summed E-state index contributed by atoms with van der Waals surface area (Å²) in [6.07, 6.45) is 1.66. The molecule has 0 saturated carbocycles. The number of ether oxygens (including phenoxy) is 1. The number of urea groups is 1. The number of piperazine rings is 1. The molecule has 3 aromatic rings. The average Bonchev–Trinajstić information content (AvgIpc) is 3.65. The Bertz CT molecular complexity index is 1660. The van der Waals surface area contributed by atoms with Crippen LogP contribution in [0.15, 0.2) is 70.3 Å². The second-order valence-corrected chi connectivity index (χ2v) is 11.9. The number of aliphatic imine (C=N–C) groups is 1. The number of hydrogen-bond acceptors (Lipinski definition) is 9. The number of nitrogens with zero attached hydrogens (tertiary/aromatic N) is 5. The molecule has 6 rings (SSSR count). The number of amidine groups is 1. The summed E-state index contributed by atoms with van der Waals surface area (Å²) >= 11 is 7.84. The first-order chi connectivity index (χ1) is 21.2. The quantitative estimate of drug-likeness (QED) is 0.357. The first kappa shape index (κ1) is 29.7. The van der Waals surface area contributed by atoms with Crippen molar-refractivity contribution in [2.75, 3.05) is 39.8 Å². The Morgan fingerprint density at radius 1 is 1.16 bits per heavy atom. The van der Waals surface area contributed by atoms with Gasteiger partial charge >= 0.3 is 18.0 Å². The van der Waals surface area contributed by atoms with Crippen LogP contribution in [0.3, 0.4) is 0 Å². The van der Waals surface area contributed by atoms with Gasteiger partial charge in [0.25, 0.3) is 0 Å². The van der Waals surface area contributed by atoms with Crippen molar-refractivity contribution in [1.82, 2.24) is 25.0 Å². The molecule has 4 heterocycles. The van der Waals surface area contributed by atoms with Gasteiger partial charge in [-0.05, 0) is 29.8 Å². The second kappa shape index (κ2) is 12.3. The molecule has 3 aliphatic rings. The molecule has 2 atom stereocenters. The third-order valence-corrected chi connectivity index (χ3v) is 9.00. The fourth-order valence-electron chi connectivity index (χ4n) is 5.78. The maximum Gasteiger partial charge on any atom is 0.338 e. The number of nitrogens with one attached hydrogen (secondary N) is 1. The molecule has 2 unspecified atom stereocenters. The maximum absolute atomic E-state index is 13.9. The molecule has 0 radical (unpaired) electrons. The van der Waals surface area contributed by atoms with Gasteiger partial charge in [-0.15, -0.1) is 11.3 Å². The standard InChI is InChI=1S/C30H28ClFN6O5S/c1-43-29(41)24-23(34-26(27-33-8-11-44-27)35-25(24)21-7-6-19(32)12-22(21)31)16-36-9-10-38-20(14-36)15-37(30(38)42)13-17-2-4-18(5-3-17)28(39)40/h2-8,11-12,20,25H,9-10,13-16H2,1H3,(H,34,35)(H,39,40). The van der Waals surface area contributed by atoms with Crippen LogP contribution in [0.1, 0.15) is 32.5 Å². The minimum Gasteiger partial charge on any atom is -0.478 e. The summed E-state index contributed by atoms with van der Waals surface area (Å²) in [5, 5.41) is 15.0. The van der Waals surface area contributed by atoms with E-state index in [1.165, 1.54) is 48.8 Å². The lowest BCUT2D eigenvalue weighted by Gasteiger charge is -2.38. The highest BCUT2D eigenvalue weighted by Gasteiger charge is 2.41. The number of hydrogen-bond donors (Lipinski definition) is 2. The van der Waals surface area contributed by atoms with E-state index in [1.54, 1.807) is 23.2 Å². The first-order valence-electron chi connectivity index (χ1n) is 13.8. The average molecular weight is 639 g/mol. The van der Waals surface area contributed by atoms with Crippen molar-refractivity contribution < 1.29 is 28.6 Å². The summed E-state index contributed by atoms with van der Waals surface area (Å²) in [6.45, 7) is 2.84. The molecule has 2 aromatic carbocycles. The van der Waals surface area contributed by atoms with E-state index in [0.29, 0.717) is 61.4 Å². The molecule has 0 aliphatic carbocycles. The minimum absolute atomic E-state index is 0.0635. The summed E-state index contributed by atoms with van der Waals surface area (Å²) in [4.78, 5) is 52.6. The van der Waals surface area contributed by atoms with Crippen molar-refractivity contribution in [2.24, 2.45) is 4.99 Å². The fraction of sp³-hybridized carbons (Fsp3) is 0.300. The molecular weight excluding hydrogens is 611 g/mol. The monoisotopic (exact) mass is 638 g/mol. The Hall–Kier alpha value is -4.33. The fourth-order valence-corrected chi connectivity index (χ4v) is 6.64. The summed E-state index contributed by atoms with van der Waals surface area (Å²) < 4.78 is 19.1. The minimum atomic E-state index is -0.999. The van der Waals surface area contributed by atoms with Crippen molar-refractivity contribution in [3.05, 3.63) is 97.8 Å². The number of carbonyl (C=O) groups excluding carboxylic acids is 2. The zero-order chi connectivity index (χ0) is 31.0. The largest absolute Gasteiger partial charge is 0.478 e. The third kappa shape index (κ3) is 5.90. The van der Waals surface area contributed by atoms with Crippen LogP contribution in [0.4, 0.5) is 9.18 Å². The number of rotatable bonds is 8. The first-order valence-corrected chi connectivity index (χ1v) is 15.1. The number of aromatic nitrogens is 1. The summed E-state index contributed by atoms with van der Waals surface area (Å²) in [6, 6.07) is 9.50. The number of benzene rings is 2. The van der Waals surface area contributed by atoms with E-state index in [1.807, 2.05) is 10.3 Å². The molecule has 1 aromatic heterocycles. The van der Waals surface area contributed by atoms with Crippen LogP contribution in [0.5, 0.6) is 0 Å². The van der Waals surface area contributed by atoms with E-state index < -0.39 is 23.8 Å². The van der Waals surface area contributed by atoms with Gasteiger partial charge < -0.3 is 25.0 Å². The van der Waals surface area contributed by atoms with Crippen molar-refractivity contribution in [2.45, 2.75) is 18.6 Å². The highest BCUT2D eigenvalue weighted by Crippen LogP contribution is 2.37. The Balaban J connectivity index is 1.24. The Kier molecular flexibility index (Phi) is 8.34. The van der Waals surface area contributed by atoms with E-state index in [9.17, 15) is 18.8 Å². The van der Waals surface area contributed by atoms with E-state index in [2.05, 4.69) is 15.2 Å². The Labute approximate surface area is 261 Å². The highest BCUT2D eigenvalue weighted by atomic mass is 35.5. The summed E-state index contributed by atoms with van der Waals surface area (Å²) in [5.74, 6) is -1.63. The number of methoxy groups -OCH3 is 1. The zero-order valence-electron chi connectivity index (χ0n) is 23.6. The number of carboxylic acids is 1. The smallest absolute Gasteiger partial charge is 0.338 e. The van der Waals surface area contributed by atoms with E-state index in [-0.39, 0.29) is 28.2 Å². The van der Waals surface area contributed by atoms with Crippen LogP contribution in [-0.2, 0) is 16.1 Å². The predicted octanol–water partition coefficient (Wildman–Crippen LogP) is 3.77. The van der Waals surface area contributed by atoms with E-state index >= 15 is 0 Å². The van der Waals surface area contributed by atoms with Gasteiger partial charge in [-0.2, -0.15) is 0 Å². The van der Waals surface area contributed by atoms with Crippen LogP contribution >= 0.6 is 22.9 Å². The van der Waals surface area contributed by atoms with Crippen molar-refractivity contribution in [3.8, 4) is 0 Å². The molecule has 2 N–H and O–H groups in total. The normalized spacial score (nSPS) is 20.3. The molecule has 11 nitrogen and oxygen atoms in total. The predicted molar refractivity (Wildman–Crippen MR) is 161 cm³/mol. The number of amides is 2. The number of carbonyl (C=O) groups is 3. The SMILES string of the molecule is COC(=O)C1=C(CN2CCN3C(=O)N(Cc4ccc(C(=O)O)cc4)CC3C2)NC(c2nccs2)=NC1c1ccc(F)cc1Cl. The number of halogens is 2. The number of aromatic carboxylic acids is 1. The molecule has 2 fully saturated rings. The Morgan fingerprint density at radius 2 is 1.95 bits per heavy atom. The molecule has 0 spiro atoms. The molecule has 2 saturated heterocycles. The van der Waals surface area contributed by atoms with Gasteiger partial charge in [0.05, 0.1) is 24.3 Å². The van der Waals surface area contributed by atoms with Gasteiger partial charge in [-0.25, -0.2) is 23.8 Å². The van der Waals surface area contributed by atoms with E-state index in [0.717, 1.165) is 5.56 Å². The lowest BCUT2D eigenvalue weighted by Crippen LogP contribution is -2.53. The molecule has 0 bridgehead atoms. The van der Waals surface area contributed by atoms with Crippen LogP contribution in [0, 0.1) is 5.82 Å². The van der Waals surface area contributed by atoms with Crippen LogP contribution in [-0.4, -0.2) is 94.5 Å². The zero-order valence-corrected chi connectivity index (χ0v) is 25.1. The highest BCUT2D eigenvalue weighted by molar-refractivity contribution is 7.11. The number of thiazole rings is 1. The number of fused-ring (bicyclic) bond motifs is 1. The van der Waals surface area contributed by atoms with Crippen molar-refractivity contribution in [3.63, 3.8) is 0 Å². The van der Waals surface area contributed by atoms with E-state index in [4.69, 9.17) is 26.4 Å². The van der Waals surface area contributed by atoms with Crippen molar-refractivity contribution in [1.29, 1.82) is 0 Å². The molecule has 14 heteroatoms. The molecule has 44 heavy (non-hydrogen) atoms. The lowest BCUT2D eigenvalue weighted by atomic mass is 9.95. The van der Waals surface area contributed by atoms with Gasteiger partial charge in [0.2, 0.25) is 0 Å². The molecule has 3 aliphatic heterocycles. The Morgan fingerprint density at radius 3 is 2.64 bits per heavy atom.